The highest BCUT2D eigenvalue weighted by atomic mass is 35.5. The van der Waals surface area contributed by atoms with Gasteiger partial charge < -0.3 is 5.32 Å². The van der Waals surface area contributed by atoms with E-state index in [1.807, 2.05) is 0 Å². The van der Waals surface area contributed by atoms with Crippen LogP contribution in [0.3, 0.4) is 0 Å². The van der Waals surface area contributed by atoms with Gasteiger partial charge in [0.2, 0.25) is 0 Å². The Morgan fingerprint density at radius 2 is 2.05 bits per heavy atom. The van der Waals surface area contributed by atoms with Crippen molar-refractivity contribution in [3.05, 3.63) is 69.1 Å². The fraction of sp³-hybridized carbons (Fsp3) is 0.222. The average Bonchev–Trinajstić information content (AvgIpc) is 2.84. The standard InChI is InChI=1S/C18H16ClNS/c1-11-6-7-13-12(10-11)8-9-20-17(13)18-16(19)14-4-2-3-5-15(14)21-18/h2-7,10,17,20H,8-9H2,1H3. The Kier molecular flexibility index (Phi) is 3.26. The Morgan fingerprint density at radius 3 is 2.90 bits per heavy atom. The van der Waals surface area contributed by atoms with E-state index < -0.39 is 0 Å². The van der Waals surface area contributed by atoms with Crippen molar-refractivity contribution in [3.63, 3.8) is 0 Å². The second kappa shape index (κ2) is 5.13. The minimum atomic E-state index is 0.222. The van der Waals surface area contributed by atoms with E-state index in [1.54, 1.807) is 11.3 Å². The number of fused-ring (bicyclic) bond motifs is 2. The van der Waals surface area contributed by atoms with Crippen LogP contribution in [0.1, 0.15) is 27.6 Å². The van der Waals surface area contributed by atoms with Gasteiger partial charge in [0.25, 0.3) is 0 Å². The fourth-order valence-electron chi connectivity index (χ4n) is 3.15. The average molecular weight is 314 g/mol. The zero-order valence-electron chi connectivity index (χ0n) is 11.8. The van der Waals surface area contributed by atoms with Gasteiger partial charge in [-0.1, -0.05) is 53.6 Å². The first-order chi connectivity index (χ1) is 10.2. The first kappa shape index (κ1) is 13.3. The molecular weight excluding hydrogens is 298 g/mol. The number of benzene rings is 2. The predicted molar refractivity (Wildman–Crippen MR) is 91.6 cm³/mol. The van der Waals surface area contributed by atoms with Gasteiger partial charge in [0.1, 0.15) is 0 Å². The first-order valence-electron chi connectivity index (χ1n) is 7.24. The monoisotopic (exact) mass is 313 g/mol. The predicted octanol–water partition coefficient (Wildman–Crippen LogP) is 5.10. The number of nitrogens with one attached hydrogen (secondary N) is 1. The van der Waals surface area contributed by atoms with E-state index in [-0.39, 0.29) is 6.04 Å². The number of halogens is 1. The summed E-state index contributed by atoms with van der Waals surface area (Å²) in [5.74, 6) is 0. The van der Waals surface area contributed by atoms with E-state index in [0.717, 1.165) is 18.0 Å². The second-order valence-corrected chi connectivity index (χ2v) is 7.08. The molecule has 0 spiro atoms. The topological polar surface area (TPSA) is 12.0 Å². The Labute approximate surface area is 133 Å². The molecule has 1 aromatic heterocycles. The molecule has 0 saturated heterocycles. The molecule has 3 aromatic rings. The summed E-state index contributed by atoms with van der Waals surface area (Å²) < 4.78 is 1.26. The maximum atomic E-state index is 6.66. The van der Waals surface area contributed by atoms with Crippen molar-refractivity contribution in [3.8, 4) is 0 Å². The summed E-state index contributed by atoms with van der Waals surface area (Å²) in [6.07, 6.45) is 1.09. The highest BCUT2D eigenvalue weighted by molar-refractivity contribution is 7.19. The molecule has 21 heavy (non-hydrogen) atoms. The molecule has 1 aliphatic heterocycles. The molecule has 4 rings (SSSR count). The molecule has 0 saturated carbocycles. The number of aryl methyl sites for hydroxylation is 1. The van der Waals surface area contributed by atoms with Crippen LogP contribution in [0, 0.1) is 6.92 Å². The third-order valence-electron chi connectivity index (χ3n) is 4.17. The van der Waals surface area contributed by atoms with Crippen LogP contribution in [-0.4, -0.2) is 6.54 Å². The van der Waals surface area contributed by atoms with Crippen molar-refractivity contribution in [2.24, 2.45) is 0 Å². The lowest BCUT2D eigenvalue weighted by atomic mass is 9.92. The van der Waals surface area contributed by atoms with Crippen LogP contribution < -0.4 is 5.32 Å². The molecule has 0 aliphatic carbocycles. The zero-order chi connectivity index (χ0) is 14.4. The first-order valence-corrected chi connectivity index (χ1v) is 8.43. The highest BCUT2D eigenvalue weighted by Gasteiger charge is 2.25. The van der Waals surface area contributed by atoms with Crippen LogP contribution in [0.25, 0.3) is 10.1 Å². The summed E-state index contributed by atoms with van der Waals surface area (Å²) in [5.41, 5.74) is 4.16. The van der Waals surface area contributed by atoms with Gasteiger partial charge in [0.15, 0.2) is 0 Å². The molecular formula is C18H16ClNS. The van der Waals surface area contributed by atoms with Gasteiger partial charge in [-0.15, -0.1) is 11.3 Å². The van der Waals surface area contributed by atoms with Gasteiger partial charge in [-0.3, -0.25) is 0 Å². The van der Waals surface area contributed by atoms with Crippen molar-refractivity contribution >= 4 is 33.0 Å². The van der Waals surface area contributed by atoms with E-state index in [0.29, 0.717) is 0 Å². The minimum Gasteiger partial charge on any atom is -0.305 e. The molecule has 106 valence electrons. The molecule has 0 radical (unpaired) electrons. The van der Waals surface area contributed by atoms with Crippen LogP contribution in [0.4, 0.5) is 0 Å². The maximum absolute atomic E-state index is 6.66. The van der Waals surface area contributed by atoms with Crippen molar-refractivity contribution in [2.75, 3.05) is 6.54 Å². The van der Waals surface area contributed by atoms with E-state index in [2.05, 4.69) is 54.7 Å². The van der Waals surface area contributed by atoms with E-state index >= 15 is 0 Å². The molecule has 1 aliphatic rings. The summed E-state index contributed by atoms with van der Waals surface area (Å²) in [7, 11) is 0. The lowest BCUT2D eigenvalue weighted by Gasteiger charge is -2.27. The van der Waals surface area contributed by atoms with Gasteiger partial charge in [-0.2, -0.15) is 0 Å². The van der Waals surface area contributed by atoms with Crippen LogP contribution in [0.15, 0.2) is 42.5 Å². The van der Waals surface area contributed by atoms with Crippen LogP contribution in [0.5, 0.6) is 0 Å². The summed E-state index contributed by atoms with van der Waals surface area (Å²) in [6, 6.07) is 15.4. The quantitative estimate of drug-likeness (QED) is 0.659. The summed E-state index contributed by atoms with van der Waals surface area (Å²) in [6.45, 7) is 3.16. The molecule has 3 heteroatoms. The zero-order valence-corrected chi connectivity index (χ0v) is 13.4. The number of rotatable bonds is 1. The summed E-state index contributed by atoms with van der Waals surface area (Å²) in [4.78, 5) is 1.24. The van der Waals surface area contributed by atoms with E-state index in [4.69, 9.17) is 11.6 Å². The third kappa shape index (κ3) is 2.18. The van der Waals surface area contributed by atoms with Gasteiger partial charge in [0.05, 0.1) is 11.1 Å². The van der Waals surface area contributed by atoms with Gasteiger partial charge >= 0.3 is 0 Å². The third-order valence-corrected chi connectivity index (χ3v) is 5.93. The molecule has 1 N–H and O–H groups in total. The maximum Gasteiger partial charge on any atom is 0.0689 e. The second-order valence-electron chi connectivity index (χ2n) is 5.62. The van der Waals surface area contributed by atoms with Crippen molar-refractivity contribution < 1.29 is 0 Å². The molecule has 1 atom stereocenters. The van der Waals surface area contributed by atoms with Crippen LogP contribution in [-0.2, 0) is 6.42 Å². The number of thiophene rings is 1. The minimum absolute atomic E-state index is 0.222. The summed E-state index contributed by atoms with van der Waals surface area (Å²) in [5, 5.41) is 5.71. The lowest BCUT2D eigenvalue weighted by molar-refractivity contribution is 0.574. The highest BCUT2D eigenvalue weighted by Crippen LogP contribution is 2.42. The van der Waals surface area contributed by atoms with Crippen molar-refractivity contribution in [1.29, 1.82) is 0 Å². The van der Waals surface area contributed by atoms with Gasteiger partial charge in [-0.05, 0) is 30.5 Å². The normalized spacial score (nSPS) is 17.9. The summed E-state index contributed by atoms with van der Waals surface area (Å²) >= 11 is 8.46. The Hall–Kier alpha value is -1.35. The molecule has 0 fully saturated rings. The van der Waals surface area contributed by atoms with Crippen molar-refractivity contribution in [2.45, 2.75) is 19.4 Å². The molecule has 2 aromatic carbocycles. The molecule has 0 amide bonds. The number of hydrogen-bond donors (Lipinski definition) is 1. The Morgan fingerprint density at radius 1 is 1.19 bits per heavy atom. The van der Waals surface area contributed by atoms with Gasteiger partial charge in [0, 0.05) is 21.5 Å². The Balaban J connectivity index is 1.89. The van der Waals surface area contributed by atoms with Gasteiger partial charge in [-0.25, -0.2) is 0 Å². The molecule has 1 unspecified atom stereocenters. The van der Waals surface area contributed by atoms with E-state index in [1.165, 1.54) is 31.7 Å². The van der Waals surface area contributed by atoms with Crippen molar-refractivity contribution in [1.82, 2.24) is 5.32 Å². The SMILES string of the molecule is Cc1ccc2c(c1)CCNC2c1sc2ccccc2c1Cl. The largest absolute Gasteiger partial charge is 0.305 e. The molecule has 2 heterocycles. The van der Waals surface area contributed by atoms with Crippen LogP contribution in [0.2, 0.25) is 5.02 Å². The molecule has 1 nitrogen and oxygen atoms in total. The molecule has 0 bridgehead atoms. The lowest BCUT2D eigenvalue weighted by Crippen LogP contribution is -2.30. The smallest absolute Gasteiger partial charge is 0.0689 e. The van der Waals surface area contributed by atoms with E-state index in [9.17, 15) is 0 Å². The van der Waals surface area contributed by atoms with Crippen LogP contribution >= 0.6 is 22.9 Å². The fourth-order valence-corrected chi connectivity index (χ4v) is 4.78. The Bertz CT molecular complexity index is 821. The number of hydrogen-bond acceptors (Lipinski definition) is 2.